The van der Waals surface area contributed by atoms with Gasteiger partial charge in [-0.2, -0.15) is 5.10 Å². The predicted octanol–water partition coefficient (Wildman–Crippen LogP) is 2.17. The highest BCUT2D eigenvalue weighted by Gasteiger charge is 2.00. The molecule has 0 aliphatic rings. The lowest BCUT2D eigenvalue weighted by Gasteiger charge is -1.99. The summed E-state index contributed by atoms with van der Waals surface area (Å²) in [6.45, 7) is 0. The number of carbonyl (C=O) groups is 2. The van der Waals surface area contributed by atoms with Crippen LogP contribution in [0.5, 0.6) is 0 Å². The quantitative estimate of drug-likeness (QED) is 0.428. The van der Waals surface area contributed by atoms with Crippen molar-refractivity contribution in [3.8, 4) is 0 Å². The summed E-state index contributed by atoms with van der Waals surface area (Å²) in [7, 11) is 0. The van der Waals surface area contributed by atoms with Gasteiger partial charge in [0.05, 0.1) is 6.21 Å². The van der Waals surface area contributed by atoms with Gasteiger partial charge in [0.15, 0.2) is 0 Å². The summed E-state index contributed by atoms with van der Waals surface area (Å²) in [5.74, 6) is -0.945. The van der Waals surface area contributed by atoms with Gasteiger partial charge in [0.2, 0.25) is 5.91 Å². The van der Waals surface area contributed by atoms with Gasteiger partial charge < -0.3 is 5.11 Å². The minimum Gasteiger partial charge on any atom is -0.481 e. The summed E-state index contributed by atoms with van der Waals surface area (Å²) in [4.78, 5) is 21.7. The molecule has 0 aliphatic carbocycles. The zero-order valence-electron chi connectivity index (χ0n) is 10.7. The van der Waals surface area contributed by atoms with Crippen molar-refractivity contribution < 1.29 is 14.7 Å². The maximum absolute atomic E-state index is 11.4. The van der Waals surface area contributed by atoms with E-state index in [4.69, 9.17) is 5.11 Å². The molecule has 5 heteroatoms. The monoisotopic (exact) mass is 262 g/mol. The van der Waals surface area contributed by atoms with Crippen LogP contribution < -0.4 is 5.43 Å². The first-order valence-corrected chi connectivity index (χ1v) is 6.27. The Hall–Kier alpha value is -2.17. The van der Waals surface area contributed by atoms with Crippen LogP contribution in [-0.4, -0.2) is 23.2 Å². The van der Waals surface area contributed by atoms with E-state index < -0.39 is 5.97 Å². The van der Waals surface area contributed by atoms with E-state index >= 15 is 0 Å². The highest BCUT2D eigenvalue weighted by Crippen LogP contribution is 2.02. The fraction of sp³-hybridized carbons (Fsp3) is 0.357. The molecule has 1 aromatic rings. The zero-order chi connectivity index (χ0) is 13.9. The van der Waals surface area contributed by atoms with Gasteiger partial charge in [0, 0.05) is 12.8 Å². The Morgan fingerprint density at radius 3 is 2.47 bits per heavy atom. The van der Waals surface area contributed by atoms with Crippen LogP contribution in [0.15, 0.2) is 35.4 Å². The average Bonchev–Trinajstić information content (AvgIpc) is 2.39. The van der Waals surface area contributed by atoms with Crippen LogP contribution in [0, 0.1) is 0 Å². The largest absolute Gasteiger partial charge is 0.481 e. The van der Waals surface area contributed by atoms with Gasteiger partial charge >= 0.3 is 5.97 Å². The fourth-order valence-corrected chi connectivity index (χ4v) is 1.51. The molecule has 0 radical (unpaired) electrons. The number of nitrogens with zero attached hydrogens (tertiary/aromatic N) is 1. The molecule has 5 nitrogen and oxygen atoms in total. The van der Waals surface area contributed by atoms with Gasteiger partial charge in [-0.3, -0.25) is 9.59 Å². The molecule has 0 saturated carbocycles. The Bertz CT molecular complexity index is 430. The highest BCUT2D eigenvalue weighted by molar-refractivity contribution is 5.82. The third-order valence-corrected chi connectivity index (χ3v) is 2.50. The summed E-state index contributed by atoms with van der Waals surface area (Å²) in [6.07, 6.45) is 4.14. The van der Waals surface area contributed by atoms with Crippen molar-refractivity contribution in [3.05, 3.63) is 35.9 Å². The van der Waals surface area contributed by atoms with Crippen molar-refractivity contribution >= 4 is 18.1 Å². The minimum atomic E-state index is -0.795. The first-order valence-electron chi connectivity index (χ1n) is 6.27. The van der Waals surface area contributed by atoms with E-state index in [-0.39, 0.29) is 12.3 Å². The molecule has 1 aromatic carbocycles. The smallest absolute Gasteiger partial charge is 0.303 e. The SMILES string of the molecule is O=C(O)CCCCCC(=O)N/N=C/c1ccccc1. The van der Waals surface area contributed by atoms with E-state index in [0.29, 0.717) is 19.3 Å². The van der Waals surface area contributed by atoms with E-state index in [9.17, 15) is 9.59 Å². The molecule has 0 spiro atoms. The van der Waals surface area contributed by atoms with Crippen molar-refractivity contribution in [1.82, 2.24) is 5.43 Å². The molecule has 19 heavy (non-hydrogen) atoms. The minimum absolute atomic E-state index is 0.150. The number of hydrogen-bond donors (Lipinski definition) is 2. The van der Waals surface area contributed by atoms with Crippen molar-refractivity contribution in [1.29, 1.82) is 0 Å². The first-order chi connectivity index (χ1) is 9.18. The van der Waals surface area contributed by atoms with Gasteiger partial charge in [0.25, 0.3) is 0 Å². The maximum Gasteiger partial charge on any atom is 0.303 e. The number of hydrogen-bond acceptors (Lipinski definition) is 3. The van der Waals surface area contributed by atoms with E-state index in [1.54, 1.807) is 6.21 Å². The third-order valence-electron chi connectivity index (χ3n) is 2.50. The normalized spacial score (nSPS) is 10.5. The second-order valence-electron chi connectivity index (χ2n) is 4.16. The Morgan fingerprint density at radius 1 is 1.11 bits per heavy atom. The molecule has 0 saturated heterocycles. The molecule has 1 rings (SSSR count). The number of hydrazone groups is 1. The number of rotatable bonds is 8. The lowest BCUT2D eigenvalue weighted by atomic mass is 10.1. The Kier molecular flexibility index (Phi) is 6.94. The Balaban J connectivity index is 2.11. The number of unbranched alkanes of at least 4 members (excludes halogenated alkanes) is 2. The van der Waals surface area contributed by atoms with Crippen LogP contribution in [-0.2, 0) is 9.59 Å². The molecule has 2 N–H and O–H groups in total. The molecule has 0 bridgehead atoms. The standard InChI is InChI=1S/C14H18N2O3/c17-13(9-5-2-6-10-14(18)19)16-15-11-12-7-3-1-4-8-12/h1,3-4,7-8,11H,2,5-6,9-10H2,(H,16,17)(H,18,19)/b15-11+. The van der Waals surface area contributed by atoms with Gasteiger partial charge in [0.1, 0.15) is 0 Å². The van der Waals surface area contributed by atoms with Crippen molar-refractivity contribution in [2.75, 3.05) is 0 Å². The summed E-state index contributed by atoms with van der Waals surface area (Å²) in [5.41, 5.74) is 3.37. The predicted molar refractivity (Wildman–Crippen MR) is 72.9 cm³/mol. The van der Waals surface area contributed by atoms with Gasteiger partial charge in [-0.25, -0.2) is 5.43 Å². The van der Waals surface area contributed by atoms with Crippen molar-refractivity contribution in [3.63, 3.8) is 0 Å². The summed E-state index contributed by atoms with van der Waals surface area (Å²) >= 11 is 0. The van der Waals surface area contributed by atoms with Crippen molar-refractivity contribution in [2.45, 2.75) is 32.1 Å². The van der Waals surface area contributed by atoms with Crippen LogP contribution in [0.3, 0.4) is 0 Å². The third kappa shape index (κ3) is 7.70. The molecule has 0 aromatic heterocycles. The molecule has 1 amide bonds. The number of carboxylic acid groups (broad SMARTS) is 1. The molecule has 102 valence electrons. The lowest BCUT2D eigenvalue weighted by Crippen LogP contribution is -2.16. The second kappa shape index (κ2) is 8.85. The van der Waals surface area contributed by atoms with E-state index in [1.165, 1.54) is 0 Å². The summed E-state index contributed by atoms with van der Waals surface area (Å²) < 4.78 is 0. The molecule has 0 heterocycles. The topological polar surface area (TPSA) is 78.8 Å². The summed E-state index contributed by atoms with van der Waals surface area (Å²) in [5, 5.41) is 12.3. The van der Waals surface area contributed by atoms with Gasteiger partial charge in [-0.05, 0) is 18.4 Å². The number of carboxylic acids is 1. The van der Waals surface area contributed by atoms with E-state index in [1.807, 2.05) is 30.3 Å². The Labute approximate surface area is 112 Å². The Morgan fingerprint density at radius 2 is 1.79 bits per heavy atom. The van der Waals surface area contributed by atoms with Crippen LogP contribution in [0.1, 0.15) is 37.7 Å². The van der Waals surface area contributed by atoms with Crippen LogP contribution >= 0.6 is 0 Å². The molecule has 0 unspecified atom stereocenters. The number of amides is 1. The maximum atomic E-state index is 11.4. The van der Waals surface area contributed by atoms with Crippen LogP contribution in [0.4, 0.5) is 0 Å². The first kappa shape index (κ1) is 14.9. The number of carbonyl (C=O) groups excluding carboxylic acids is 1. The highest BCUT2D eigenvalue weighted by atomic mass is 16.4. The molecule has 0 fully saturated rings. The van der Waals surface area contributed by atoms with Gasteiger partial charge in [-0.1, -0.05) is 36.8 Å². The molecule has 0 aliphatic heterocycles. The number of benzene rings is 1. The number of aliphatic carboxylic acids is 1. The van der Waals surface area contributed by atoms with E-state index in [2.05, 4.69) is 10.5 Å². The second-order valence-corrected chi connectivity index (χ2v) is 4.16. The summed E-state index contributed by atoms with van der Waals surface area (Å²) in [6, 6.07) is 9.48. The number of nitrogens with one attached hydrogen (secondary N) is 1. The average molecular weight is 262 g/mol. The molecular formula is C14H18N2O3. The zero-order valence-corrected chi connectivity index (χ0v) is 10.7. The van der Waals surface area contributed by atoms with Gasteiger partial charge in [-0.15, -0.1) is 0 Å². The fourth-order valence-electron chi connectivity index (χ4n) is 1.51. The molecular weight excluding hydrogens is 244 g/mol. The van der Waals surface area contributed by atoms with Crippen LogP contribution in [0.2, 0.25) is 0 Å². The van der Waals surface area contributed by atoms with Crippen molar-refractivity contribution in [2.24, 2.45) is 5.10 Å². The van der Waals surface area contributed by atoms with Crippen LogP contribution in [0.25, 0.3) is 0 Å². The lowest BCUT2D eigenvalue weighted by molar-refractivity contribution is -0.137. The van der Waals surface area contributed by atoms with E-state index in [0.717, 1.165) is 12.0 Å². The molecule has 0 atom stereocenters.